The van der Waals surface area contributed by atoms with Crippen molar-refractivity contribution in [1.82, 2.24) is 9.97 Å². The van der Waals surface area contributed by atoms with Gasteiger partial charge in [0, 0.05) is 18.1 Å². The van der Waals surface area contributed by atoms with Gasteiger partial charge in [0.25, 0.3) is 0 Å². The summed E-state index contributed by atoms with van der Waals surface area (Å²) >= 11 is 0. The molecule has 6 aromatic rings. The van der Waals surface area contributed by atoms with Crippen LogP contribution >= 0.6 is 0 Å². The number of hydrogen-bond acceptors (Lipinski definition) is 3. The van der Waals surface area contributed by atoms with Gasteiger partial charge >= 0.3 is 21.1 Å². The van der Waals surface area contributed by atoms with Crippen molar-refractivity contribution in [3.8, 4) is 33.6 Å². The first-order valence-corrected chi connectivity index (χ1v) is 13.4. The van der Waals surface area contributed by atoms with Crippen LogP contribution in [-0.4, -0.2) is 9.97 Å². The van der Waals surface area contributed by atoms with Crippen molar-refractivity contribution in [3.63, 3.8) is 0 Å². The molecule has 0 aliphatic rings. The minimum absolute atomic E-state index is 0. The van der Waals surface area contributed by atoms with E-state index in [4.69, 9.17) is 4.98 Å². The van der Waals surface area contributed by atoms with E-state index < -0.39 is 0 Å². The van der Waals surface area contributed by atoms with Crippen LogP contribution in [0.1, 0.15) is 16.7 Å². The van der Waals surface area contributed by atoms with Crippen LogP contribution in [0.3, 0.4) is 0 Å². The molecule has 3 nitrogen and oxygen atoms in total. The van der Waals surface area contributed by atoms with E-state index in [-0.39, 0.29) is 21.1 Å². The second-order valence-corrected chi connectivity index (χ2v) is 9.99. The van der Waals surface area contributed by atoms with Crippen molar-refractivity contribution >= 4 is 17.1 Å². The number of hydrogen-bond donors (Lipinski definition) is 0. The smallest absolute Gasteiger partial charge is 0.346 e. The number of anilines is 3. The van der Waals surface area contributed by atoms with Gasteiger partial charge in [0.15, 0.2) is 0 Å². The molecule has 2 heterocycles. The summed E-state index contributed by atoms with van der Waals surface area (Å²) in [6, 6.07) is 44.8. The Morgan fingerprint density at radius 2 is 1.15 bits per heavy atom. The second kappa shape index (κ2) is 12.5. The quantitative estimate of drug-likeness (QED) is 0.161. The molecule has 0 amide bonds. The summed E-state index contributed by atoms with van der Waals surface area (Å²) < 4.78 is 0. The minimum atomic E-state index is 0. The van der Waals surface area contributed by atoms with E-state index in [9.17, 15) is 0 Å². The van der Waals surface area contributed by atoms with Crippen LogP contribution in [0.2, 0.25) is 0 Å². The third-order valence-corrected chi connectivity index (χ3v) is 6.98. The van der Waals surface area contributed by atoms with Gasteiger partial charge in [-0.3, -0.25) is 0 Å². The molecule has 0 aliphatic carbocycles. The maximum Gasteiger partial charge on any atom is 2.00 e. The molecule has 0 saturated carbocycles. The zero-order valence-electron chi connectivity index (χ0n) is 23.2. The standard InChI is InChI=1S/C37H29N3.Pt/c1-26-21-27(2)37(28(3)22-26)40(33-15-9-13-31(23-33)35-17-7-8-19-38-35)34-16-10-14-32(24-34)36-25-30(18-20-39-36)29-11-5-4-6-12-29;/h4-22,25H,1-3H3;/q-2;+2. The third kappa shape index (κ3) is 6.06. The maximum absolute atomic E-state index is 4.72. The van der Waals surface area contributed by atoms with E-state index in [0.29, 0.717) is 0 Å². The summed E-state index contributed by atoms with van der Waals surface area (Å²) in [5.41, 5.74) is 12.5. The molecule has 0 N–H and O–H groups in total. The average Bonchev–Trinajstić information content (AvgIpc) is 3.00. The molecule has 4 heteroatoms. The Kier molecular flexibility index (Phi) is 8.57. The molecule has 0 unspecified atom stereocenters. The zero-order chi connectivity index (χ0) is 27.5. The van der Waals surface area contributed by atoms with Gasteiger partial charge in [-0.05, 0) is 77.9 Å². The third-order valence-electron chi connectivity index (χ3n) is 6.98. The summed E-state index contributed by atoms with van der Waals surface area (Å²) in [4.78, 5) is 11.5. The predicted octanol–water partition coefficient (Wildman–Crippen LogP) is 9.47. The van der Waals surface area contributed by atoms with E-state index >= 15 is 0 Å². The van der Waals surface area contributed by atoms with Crippen molar-refractivity contribution < 1.29 is 21.1 Å². The van der Waals surface area contributed by atoms with Gasteiger partial charge in [0.05, 0.1) is 0 Å². The van der Waals surface area contributed by atoms with Crippen molar-refractivity contribution in [3.05, 3.63) is 150 Å². The molecule has 0 fully saturated rings. The summed E-state index contributed by atoms with van der Waals surface area (Å²) in [6.07, 6.45) is 3.68. The molecule has 2 aromatic heterocycles. The molecule has 202 valence electrons. The SMILES string of the molecule is Cc1cc(C)c(N(c2[c-]c(-c3ccccn3)ccc2)c2[c-]c(-c3cc(-c4ccccc4)ccn3)ccc2)c(C)c1.[Pt+2]. The molecule has 0 aliphatic heterocycles. The van der Waals surface area contributed by atoms with E-state index in [1.807, 2.05) is 42.7 Å². The number of rotatable bonds is 6. The van der Waals surface area contributed by atoms with Gasteiger partial charge in [-0.1, -0.05) is 66.2 Å². The Morgan fingerprint density at radius 1 is 0.537 bits per heavy atom. The first kappa shape index (κ1) is 28.2. The monoisotopic (exact) mass is 710 g/mol. The Balaban J connectivity index is 0.00000337. The summed E-state index contributed by atoms with van der Waals surface area (Å²) in [5, 5.41) is 0. The van der Waals surface area contributed by atoms with Crippen LogP contribution in [0.15, 0.2) is 122 Å². The fraction of sp³-hybridized carbons (Fsp3) is 0.0811. The normalized spacial score (nSPS) is 10.6. The zero-order valence-corrected chi connectivity index (χ0v) is 25.5. The molecule has 41 heavy (non-hydrogen) atoms. The van der Waals surface area contributed by atoms with Gasteiger partial charge in [-0.2, -0.15) is 0 Å². The molecule has 0 radical (unpaired) electrons. The van der Waals surface area contributed by atoms with Gasteiger partial charge in [0.2, 0.25) is 0 Å². The number of aryl methyl sites for hydroxylation is 3. The Bertz CT molecular complexity index is 1760. The van der Waals surface area contributed by atoms with E-state index in [1.54, 1.807) is 0 Å². The van der Waals surface area contributed by atoms with Crippen LogP contribution in [0.4, 0.5) is 17.1 Å². The van der Waals surface area contributed by atoms with Crippen LogP contribution in [-0.2, 0) is 21.1 Å². The largest absolute Gasteiger partial charge is 2.00 e. The fourth-order valence-corrected chi connectivity index (χ4v) is 5.28. The van der Waals surface area contributed by atoms with Crippen molar-refractivity contribution in [1.29, 1.82) is 0 Å². The first-order chi connectivity index (χ1) is 19.6. The molecular formula is C37H29N3Pt. The van der Waals surface area contributed by atoms with Gasteiger partial charge in [-0.25, -0.2) is 0 Å². The fourth-order valence-electron chi connectivity index (χ4n) is 5.28. The van der Waals surface area contributed by atoms with E-state index in [2.05, 4.69) is 122 Å². The number of aromatic nitrogens is 2. The van der Waals surface area contributed by atoms with E-state index in [0.717, 1.165) is 50.7 Å². The molecule has 0 atom stereocenters. The molecule has 0 bridgehead atoms. The Labute approximate surface area is 256 Å². The van der Waals surface area contributed by atoms with Crippen LogP contribution < -0.4 is 4.90 Å². The molecule has 4 aromatic carbocycles. The molecule has 0 saturated heterocycles. The van der Waals surface area contributed by atoms with Crippen molar-refractivity contribution in [2.75, 3.05) is 4.90 Å². The van der Waals surface area contributed by atoms with E-state index in [1.165, 1.54) is 16.7 Å². The summed E-state index contributed by atoms with van der Waals surface area (Å²) in [7, 11) is 0. The number of nitrogens with zero attached hydrogens (tertiary/aromatic N) is 3. The minimum Gasteiger partial charge on any atom is -0.346 e. The summed E-state index contributed by atoms with van der Waals surface area (Å²) in [5.74, 6) is 0. The Hall–Kier alpha value is -4.33. The van der Waals surface area contributed by atoms with Crippen molar-refractivity contribution in [2.45, 2.75) is 20.8 Å². The topological polar surface area (TPSA) is 29.0 Å². The molecule has 6 rings (SSSR count). The first-order valence-electron chi connectivity index (χ1n) is 13.4. The predicted molar refractivity (Wildman–Crippen MR) is 165 cm³/mol. The van der Waals surface area contributed by atoms with Crippen LogP contribution in [0, 0.1) is 32.9 Å². The maximum atomic E-state index is 4.72. The van der Waals surface area contributed by atoms with Crippen LogP contribution in [0.5, 0.6) is 0 Å². The van der Waals surface area contributed by atoms with Crippen molar-refractivity contribution in [2.24, 2.45) is 0 Å². The average molecular weight is 711 g/mol. The molecule has 0 spiro atoms. The van der Waals surface area contributed by atoms with Gasteiger partial charge in [-0.15, -0.1) is 59.7 Å². The second-order valence-electron chi connectivity index (χ2n) is 9.99. The van der Waals surface area contributed by atoms with Gasteiger partial charge in [0.1, 0.15) is 0 Å². The van der Waals surface area contributed by atoms with Gasteiger partial charge < -0.3 is 14.9 Å². The number of pyridine rings is 2. The molecular weight excluding hydrogens is 682 g/mol. The summed E-state index contributed by atoms with van der Waals surface area (Å²) in [6.45, 7) is 6.47. The van der Waals surface area contributed by atoms with Crippen LogP contribution in [0.25, 0.3) is 33.6 Å². The Morgan fingerprint density at radius 3 is 1.78 bits per heavy atom. The number of benzene rings is 4.